The summed E-state index contributed by atoms with van der Waals surface area (Å²) < 4.78 is 0. The van der Waals surface area contributed by atoms with E-state index in [0.717, 1.165) is 5.56 Å². The van der Waals surface area contributed by atoms with Crippen molar-refractivity contribution >= 4 is 12.2 Å². The molecule has 1 aromatic carbocycles. The van der Waals surface area contributed by atoms with Crippen molar-refractivity contribution in [2.45, 2.75) is 18.6 Å². The number of hydrogen-bond donors (Lipinski definition) is 5. The largest absolute Gasteiger partial charge is 0.465 e. The molecular formula is C12H16N2O5. The van der Waals surface area contributed by atoms with Gasteiger partial charge in [0.05, 0.1) is 12.1 Å². The van der Waals surface area contributed by atoms with E-state index in [1.807, 2.05) is 11.4 Å². The van der Waals surface area contributed by atoms with Gasteiger partial charge >= 0.3 is 12.2 Å². The van der Waals surface area contributed by atoms with Gasteiger partial charge in [-0.3, -0.25) is 0 Å². The summed E-state index contributed by atoms with van der Waals surface area (Å²) in [5, 5.41) is 31.2. The zero-order chi connectivity index (χ0) is 14.3. The van der Waals surface area contributed by atoms with E-state index in [4.69, 9.17) is 10.2 Å². The lowest BCUT2D eigenvalue weighted by atomic mass is 10.0. The van der Waals surface area contributed by atoms with Crippen LogP contribution in [0.2, 0.25) is 0 Å². The third-order valence-corrected chi connectivity index (χ3v) is 2.53. The Bertz CT molecular complexity index is 423. The van der Waals surface area contributed by atoms with E-state index < -0.39 is 24.3 Å². The van der Waals surface area contributed by atoms with Crippen LogP contribution in [0.25, 0.3) is 0 Å². The van der Waals surface area contributed by atoms with Gasteiger partial charge in [-0.15, -0.1) is 0 Å². The summed E-state index contributed by atoms with van der Waals surface area (Å²) in [6.07, 6.45) is -3.41. The molecule has 0 aliphatic carbocycles. The van der Waals surface area contributed by atoms with Crippen molar-refractivity contribution in [3.05, 3.63) is 35.9 Å². The third-order valence-electron chi connectivity index (χ3n) is 2.53. The lowest BCUT2D eigenvalue weighted by molar-refractivity contribution is 0.115. The Balaban J connectivity index is 2.65. The Hall–Kier alpha value is -2.28. The zero-order valence-electron chi connectivity index (χ0n) is 10.1. The van der Waals surface area contributed by atoms with Crippen LogP contribution in [0, 0.1) is 0 Å². The second-order valence-electron chi connectivity index (χ2n) is 4.00. The highest BCUT2D eigenvalue weighted by Crippen LogP contribution is 2.06. The van der Waals surface area contributed by atoms with Crippen molar-refractivity contribution in [3.8, 4) is 0 Å². The van der Waals surface area contributed by atoms with Gasteiger partial charge < -0.3 is 26.0 Å². The topological polar surface area (TPSA) is 119 Å². The molecule has 2 amide bonds. The number of benzene rings is 1. The Morgan fingerprint density at radius 1 is 1.11 bits per heavy atom. The van der Waals surface area contributed by atoms with Gasteiger partial charge in [-0.2, -0.15) is 0 Å². The highest BCUT2D eigenvalue weighted by Gasteiger charge is 2.22. The van der Waals surface area contributed by atoms with Crippen LogP contribution in [-0.4, -0.2) is 46.2 Å². The van der Waals surface area contributed by atoms with Gasteiger partial charge in [0.25, 0.3) is 0 Å². The van der Waals surface area contributed by atoms with Crippen LogP contribution in [0.15, 0.2) is 30.3 Å². The van der Waals surface area contributed by atoms with Crippen LogP contribution in [0.3, 0.4) is 0 Å². The molecule has 0 spiro atoms. The van der Waals surface area contributed by atoms with Gasteiger partial charge in [-0.1, -0.05) is 30.3 Å². The number of amides is 2. The van der Waals surface area contributed by atoms with Gasteiger partial charge in [0.1, 0.15) is 0 Å². The maximum atomic E-state index is 10.7. The summed E-state index contributed by atoms with van der Waals surface area (Å²) in [7, 11) is 0. The second-order valence-corrected chi connectivity index (χ2v) is 4.00. The summed E-state index contributed by atoms with van der Waals surface area (Å²) in [5.74, 6) is 0. The molecular weight excluding hydrogens is 252 g/mol. The summed E-state index contributed by atoms with van der Waals surface area (Å²) in [6.45, 7) is -0.243. The number of carboxylic acid groups (broad SMARTS) is 2. The molecule has 104 valence electrons. The van der Waals surface area contributed by atoms with Gasteiger partial charge in [0.15, 0.2) is 0 Å². The molecule has 1 rings (SSSR count). The maximum absolute atomic E-state index is 10.7. The van der Waals surface area contributed by atoms with Gasteiger partial charge in [0, 0.05) is 6.54 Å². The fourth-order valence-corrected chi connectivity index (χ4v) is 1.64. The van der Waals surface area contributed by atoms with Gasteiger partial charge in [0.2, 0.25) is 0 Å². The van der Waals surface area contributed by atoms with E-state index >= 15 is 0 Å². The molecule has 5 N–H and O–H groups in total. The Kier molecular flexibility index (Phi) is 5.62. The number of aliphatic hydroxyl groups excluding tert-OH is 1. The number of rotatable bonds is 6. The number of carbonyl (C=O) groups is 2. The number of nitrogens with one attached hydrogen (secondary N) is 2. The normalized spacial score (nSPS) is 13.3. The molecule has 2 unspecified atom stereocenters. The lowest BCUT2D eigenvalue weighted by Gasteiger charge is -2.22. The van der Waals surface area contributed by atoms with E-state index in [9.17, 15) is 14.7 Å². The average molecular weight is 268 g/mol. The Morgan fingerprint density at radius 3 is 2.26 bits per heavy atom. The van der Waals surface area contributed by atoms with Crippen LogP contribution in [0.4, 0.5) is 9.59 Å². The Morgan fingerprint density at radius 2 is 1.74 bits per heavy atom. The number of aliphatic hydroxyl groups is 1. The van der Waals surface area contributed by atoms with Gasteiger partial charge in [-0.05, 0) is 12.0 Å². The predicted molar refractivity (Wildman–Crippen MR) is 67.1 cm³/mol. The average Bonchev–Trinajstić information content (AvgIpc) is 2.36. The zero-order valence-corrected chi connectivity index (χ0v) is 10.1. The summed E-state index contributed by atoms with van der Waals surface area (Å²) in [5.41, 5.74) is 0.843. The van der Waals surface area contributed by atoms with Crippen molar-refractivity contribution in [2.75, 3.05) is 6.54 Å². The van der Waals surface area contributed by atoms with Crippen LogP contribution in [0.5, 0.6) is 0 Å². The van der Waals surface area contributed by atoms with Crippen LogP contribution >= 0.6 is 0 Å². The quantitative estimate of drug-likeness (QED) is 0.514. The lowest BCUT2D eigenvalue weighted by Crippen LogP contribution is -2.49. The minimum Gasteiger partial charge on any atom is -0.465 e. The fourth-order valence-electron chi connectivity index (χ4n) is 1.64. The first-order chi connectivity index (χ1) is 8.99. The third kappa shape index (κ3) is 5.73. The standard InChI is InChI=1S/C12H16N2O5/c15-10(7-13-11(16)17)9(14-12(18)19)6-8-4-2-1-3-5-8/h1-5,9-10,13-15H,6-7H2,(H,16,17)(H,18,19). The molecule has 0 saturated heterocycles. The highest BCUT2D eigenvalue weighted by atomic mass is 16.4. The van der Waals surface area contributed by atoms with Crippen LogP contribution < -0.4 is 10.6 Å². The SMILES string of the molecule is O=C(O)NCC(O)C(Cc1ccccc1)NC(=O)O. The molecule has 7 nitrogen and oxygen atoms in total. The van der Waals surface area contributed by atoms with E-state index in [0.29, 0.717) is 0 Å². The first kappa shape index (κ1) is 14.8. The highest BCUT2D eigenvalue weighted by molar-refractivity contribution is 5.65. The molecule has 19 heavy (non-hydrogen) atoms. The molecule has 0 heterocycles. The van der Waals surface area contributed by atoms with E-state index in [1.54, 1.807) is 24.3 Å². The van der Waals surface area contributed by atoms with E-state index in [-0.39, 0.29) is 13.0 Å². The van der Waals surface area contributed by atoms with Crippen molar-refractivity contribution in [1.29, 1.82) is 0 Å². The molecule has 0 aliphatic heterocycles. The number of hydrogen-bond acceptors (Lipinski definition) is 3. The summed E-state index contributed by atoms with van der Waals surface area (Å²) >= 11 is 0. The minimum absolute atomic E-state index is 0.243. The smallest absolute Gasteiger partial charge is 0.404 e. The monoisotopic (exact) mass is 268 g/mol. The van der Waals surface area contributed by atoms with Crippen LogP contribution in [0.1, 0.15) is 5.56 Å². The summed E-state index contributed by atoms with van der Waals surface area (Å²) in [6, 6.07) is 8.24. The molecule has 2 atom stereocenters. The van der Waals surface area contributed by atoms with E-state index in [2.05, 4.69) is 5.32 Å². The predicted octanol–water partition coefficient (Wildman–Crippen LogP) is 0.494. The van der Waals surface area contributed by atoms with Crippen molar-refractivity contribution in [3.63, 3.8) is 0 Å². The molecule has 1 aromatic rings. The van der Waals surface area contributed by atoms with E-state index in [1.165, 1.54) is 0 Å². The molecule has 0 fully saturated rings. The summed E-state index contributed by atoms with van der Waals surface area (Å²) in [4.78, 5) is 21.0. The van der Waals surface area contributed by atoms with Crippen molar-refractivity contribution in [1.82, 2.24) is 10.6 Å². The molecule has 0 bridgehead atoms. The van der Waals surface area contributed by atoms with Crippen molar-refractivity contribution in [2.24, 2.45) is 0 Å². The first-order valence-corrected chi connectivity index (χ1v) is 5.67. The second kappa shape index (κ2) is 7.22. The fraction of sp³-hybridized carbons (Fsp3) is 0.333. The van der Waals surface area contributed by atoms with Gasteiger partial charge in [-0.25, -0.2) is 9.59 Å². The maximum Gasteiger partial charge on any atom is 0.404 e. The molecule has 0 saturated carbocycles. The molecule has 0 radical (unpaired) electrons. The molecule has 0 aromatic heterocycles. The Labute approximate surface area is 109 Å². The first-order valence-electron chi connectivity index (χ1n) is 5.67. The molecule has 0 aliphatic rings. The van der Waals surface area contributed by atoms with Crippen molar-refractivity contribution < 1.29 is 24.9 Å². The van der Waals surface area contributed by atoms with Crippen LogP contribution in [-0.2, 0) is 6.42 Å². The minimum atomic E-state index is -1.27. The molecule has 7 heteroatoms.